The van der Waals surface area contributed by atoms with E-state index >= 15 is 0 Å². The predicted octanol–water partition coefficient (Wildman–Crippen LogP) is 1.64. The first-order valence-electron chi connectivity index (χ1n) is 5.69. The Morgan fingerprint density at radius 2 is 2.06 bits per heavy atom. The second-order valence-electron chi connectivity index (χ2n) is 4.33. The summed E-state index contributed by atoms with van der Waals surface area (Å²) in [7, 11) is -2.26. The third kappa shape index (κ3) is 1.86. The molecule has 0 saturated carbocycles. The third-order valence-electron chi connectivity index (χ3n) is 3.23. The molecule has 0 spiro atoms. The molecule has 1 aliphatic rings. The fourth-order valence-corrected chi connectivity index (χ4v) is 3.23. The number of amides is 1. The van der Waals surface area contributed by atoms with Crippen molar-refractivity contribution in [3.8, 4) is 5.75 Å². The molecule has 0 fully saturated rings. The molecule has 1 aliphatic heterocycles. The van der Waals surface area contributed by atoms with Gasteiger partial charge in [0.1, 0.15) is 10.6 Å². The van der Waals surface area contributed by atoms with E-state index < -0.39 is 15.9 Å². The molecular weight excluding hydrogens is 254 g/mol. The third-order valence-corrected chi connectivity index (χ3v) is 4.58. The average Bonchev–Trinajstić information content (AvgIpc) is 2.57. The van der Waals surface area contributed by atoms with Crippen LogP contribution in [0.5, 0.6) is 5.75 Å². The summed E-state index contributed by atoms with van der Waals surface area (Å²) in [6, 6.07) is 3.11. The molecule has 98 valence electrons. The number of ether oxygens (including phenoxy) is 1. The van der Waals surface area contributed by atoms with Crippen LogP contribution in [0.1, 0.15) is 42.1 Å². The van der Waals surface area contributed by atoms with Crippen LogP contribution in [0.25, 0.3) is 0 Å². The summed E-state index contributed by atoms with van der Waals surface area (Å²) in [5.74, 6) is -0.0139. The summed E-state index contributed by atoms with van der Waals surface area (Å²) in [5, 5.41) is 0. The largest absolute Gasteiger partial charge is 0.497 e. The number of carbonyl (C=O) groups is 1. The Hall–Kier alpha value is -1.56. The van der Waals surface area contributed by atoms with Gasteiger partial charge in [-0.15, -0.1) is 0 Å². The maximum atomic E-state index is 11.8. The predicted molar refractivity (Wildman–Crippen MR) is 66.4 cm³/mol. The smallest absolute Gasteiger partial charge is 0.266 e. The topological polar surface area (TPSA) is 72.5 Å². The first-order valence-corrected chi connectivity index (χ1v) is 7.18. The van der Waals surface area contributed by atoms with Crippen LogP contribution in [0.3, 0.4) is 0 Å². The van der Waals surface area contributed by atoms with Crippen molar-refractivity contribution in [2.45, 2.75) is 31.1 Å². The van der Waals surface area contributed by atoms with E-state index in [-0.39, 0.29) is 16.4 Å². The van der Waals surface area contributed by atoms with Gasteiger partial charge in [0.25, 0.3) is 15.9 Å². The zero-order valence-corrected chi connectivity index (χ0v) is 11.3. The Morgan fingerprint density at radius 3 is 2.61 bits per heavy atom. The lowest BCUT2D eigenvalue weighted by Gasteiger charge is -2.13. The van der Waals surface area contributed by atoms with Crippen LogP contribution < -0.4 is 9.46 Å². The number of carbonyl (C=O) groups excluding carboxylic acids is 1. The first-order chi connectivity index (χ1) is 8.40. The number of hydrogen-bond donors (Lipinski definition) is 1. The second-order valence-corrected chi connectivity index (χ2v) is 5.98. The van der Waals surface area contributed by atoms with Gasteiger partial charge in [0.15, 0.2) is 0 Å². The maximum absolute atomic E-state index is 11.8. The summed E-state index contributed by atoms with van der Waals surface area (Å²) in [6.45, 7) is 3.94. The highest BCUT2D eigenvalue weighted by Crippen LogP contribution is 2.35. The number of methoxy groups -OCH3 is 1. The molecule has 1 aromatic carbocycles. The Bertz CT molecular complexity index is 607. The normalized spacial score (nSPS) is 18.1. The van der Waals surface area contributed by atoms with Crippen LogP contribution in [-0.4, -0.2) is 21.4 Å². The first kappa shape index (κ1) is 12.9. The van der Waals surface area contributed by atoms with Gasteiger partial charge in [-0.2, -0.15) is 0 Å². The molecule has 0 aliphatic carbocycles. The molecular formula is C12H15NO4S. The molecule has 2 rings (SSSR count). The summed E-state index contributed by atoms with van der Waals surface area (Å²) < 4.78 is 30.7. The van der Waals surface area contributed by atoms with Crippen molar-refractivity contribution in [2.24, 2.45) is 0 Å². The van der Waals surface area contributed by atoms with Gasteiger partial charge in [-0.05, 0) is 24.0 Å². The molecule has 0 aromatic heterocycles. The minimum atomic E-state index is -3.73. The maximum Gasteiger partial charge on any atom is 0.266 e. The fourth-order valence-electron chi connectivity index (χ4n) is 2.02. The van der Waals surface area contributed by atoms with Crippen LogP contribution in [0.2, 0.25) is 0 Å². The Labute approximate surface area is 106 Å². The second kappa shape index (κ2) is 4.28. The lowest BCUT2D eigenvalue weighted by atomic mass is 9.93. The Morgan fingerprint density at radius 1 is 1.39 bits per heavy atom. The number of fused-ring (bicyclic) bond motifs is 1. The van der Waals surface area contributed by atoms with Crippen molar-refractivity contribution in [1.29, 1.82) is 0 Å². The molecule has 6 heteroatoms. The van der Waals surface area contributed by atoms with Crippen molar-refractivity contribution in [1.82, 2.24) is 4.72 Å². The van der Waals surface area contributed by atoms with Crippen molar-refractivity contribution >= 4 is 15.9 Å². The average molecular weight is 269 g/mol. The van der Waals surface area contributed by atoms with Gasteiger partial charge < -0.3 is 4.74 Å². The summed E-state index contributed by atoms with van der Waals surface area (Å²) in [4.78, 5) is 11.8. The lowest BCUT2D eigenvalue weighted by Crippen LogP contribution is -2.21. The van der Waals surface area contributed by atoms with Crippen molar-refractivity contribution < 1.29 is 17.9 Å². The number of rotatable bonds is 3. The minimum Gasteiger partial charge on any atom is -0.497 e. The zero-order valence-electron chi connectivity index (χ0n) is 10.5. The Balaban J connectivity index is 2.77. The number of benzene rings is 1. The molecule has 1 N–H and O–H groups in total. The molecule has 1 heterocycles. The van der Waals surface area contributed by atoms with E-state index in [4.69, 9.17) is 4.74 Å². The van der Waals surface area contributed by atoms with Gasteiger partial charge in [0.05, 0.1) is 12.7 Å². The van der Waals surface area contributed by atoms with E-state index in [0.717, 1.165) is 6.42 Å². The van der Waals surface area contributed by atoms with E-state index in [1.54, 1.807) is 6.07 Å². The van der Waals surface area contributed by atoms with Crippen LogP contribution in [0.15, 0.2) is 17.0 Å². The molecule has 0 radical (unpaired) electrons. The van der Waals surface area contributed by atoms with E-state index in [1.807, 2.05) is 18.6 Å². The standard InChI is InChI=1S/C12H15NO4S/c1-4-7(2)9-5-8(17-3)6-10-11(9)12(14)13-18(10,15)16/h5-7H,4H2,1-3H3,(H,13,14). The van der Waals surface area contributed by atoms with Crippen LogP contribution in [0.4, 0.5) is 0 Å². The van der Waals surface area contributed by atoms with Gasteiger partial charge in [0, 0.05) is 6.07 Å². The van der Waals surface area contributed by atoms with E-state index in [2.05, 4.69) is 0 Å². The molecule has 1 amide bonds. The van der Waals surface area contributed by atoms with Gasteiger partial charge in [-0.3, -0.25) is 4.79 Å². The SMILES string of the molecule is CCC(C)c1cc(OC)cc2c1C(=O)NS2(=O)=O. The summed E-state index contributed by atoms with van der Waals surface area (Å²) >= 11 is 0. The van der Waals surface area contributed by atoms with Crippen LogP contribution in [0, 0.1) is 0 Å². The highest BCUT2D eigenvalue weighted by molar-refractivity contribution is 7.90. The molecule has 5 nitrogen and oxygen atoms in total. The van der Waals surface area contributed by atoms with Gasteiger partial charge >= 0.3 is 0 Å². The Kier molecular flexibility index (Phi) is 3.06. The van der Waals surface area contributed by atoms with Crippen molar-refractivity contribution in [3.05, 3.63) is 23.3 Å². The quantitative estimate of drug-likeness (QED) is 0.905. The molecule has 0 bridgehead atoms. The van der Waals surface area contributed by atoms with E-state index in [9.17, 15) is 13.2 Å². The zero-order chi connectivity index (χ0) is 13.5. The van der Waals surface area contributed by atoms with Crippen molar-refractivity contribution in [2.75, 3.05) is 7.11 Å². The fraction of sp³-hybridized carbons (Fsp3) is 0.417. The van der Waals surface area contributed by atoms with Crippen LogP contribution in [-0.2, 0) is 10.0 Å². The highest BCUT2D eigenvalue weighted by Gasteiger charge is 2.36. The van der Waals surface area contributed by atoms with Gasteiger partial charge in [0.2, 0.25) is 0 Å². The molecule has 1 atom stereocenters. The summed E-state index contributed by atoms with van der Waals surface area (Å²) in [5.41, 5.74) is 0.968. The lowest BCUT2D eigenvalue weighted by molar-refractivity contribution is 0.0983. The minimum absolute atomic E-state index is 0.0159. The molecule has 1 aromatic rings. The number of sulfonamides is 1. The monoisotopic (exact) mass is 269 g/mol. The van der Waals surface area contributed by atoms with Crippen LogP contribution >= 0.6 is 0 Å². The highest BCUT2D eigenvalue weighted by atomic mass is 32.2. The van der Waals surface area contributed by atoms with E-state index in [1.165, 1.54) is 13.2 Å². The van der Waals surface area contributed by atoms with Gasteiger partial charge in [-0.1, -0.05) is 13.8 Å². The van der Waals surface area contributed by atoms with E-state index in [0.29, 0.717) is 11.3 Å². The molecule has 0 saturated heterocycles. The summed E-state index contributed by atoms with van der Waals surface area (Å²) in [6.07, 6.45) is 0.812. The molecule has 1 unspecified atom stereocenters. The van der Waals surface area contributed by atoms with Gasteiger partial charge in [-0.25, -0.2) is 13.1 Å². The number of hydrogen-bond acceptors (Lipinski definition) is 4. The van der Waals surface area contributed by atoms with Crippen molar-refractivity contribution in [3.63, 3.8) is 0 Å². The number of nitrogens with one attached hydrogen (secondary N) is 1. The molecule has 18 heavy (non-hydrogen) atoms.